The highest BCUT2D eigenvalue weighted by molar-refractivity contribution is 8.00. The van der Waals surface area contributed by atoms with Crippen LogP contribution in [0.5, 0.6) is 0 Å². The monoisotopic (exact) mass is 226 g/mol. The Morgan fingerprint density at radius 2 is 1.78 bits per heavy atom. The molecule has 9 heavy (non-hydrogen) atoms. The maximum atomic E-state index is 5.29. The van der Waals surface area contributed by atoms with Crippen molar-refractivity contribution in [1.29, 1.82) is 0 Å². The topological polar surface area (TPSA) is 9.23 Å². The molecule has 0 aliphatic carbocycles. The van der Waals surface area contributed by atoms with Crippen LogP contribution in [0.2, 0.25) is 0 Å². The molecule has 54 valence electrons. The molecule has 0 aliphatic rings. The van der Waals surface area contributed by atoms with Gasteiger partial charge in [-0.1, -0.05) is 23.2 Å². The van der Waals surface area contributed by atoms with E-state index >= 15 is 0 Å². The van der Waals surface area contributed by atoms with Crippen LogP contribution in [0, 0.1) is 0 Å². The van der Waals surface area contributed by atoms with Crippen molar-refractivity contribution in [3.8, 4) is 0 Å². The van der Waals surface area contributed by atoms with Gasteiger partial charge in [0.15, 0.2) is 0 Å². The molecule has 0 spiro atoms. The lowest BCUT2D eigenvalue weighted by atomic mass is 10.7. The quantitative estimate of drug-likeness (QED) is 0.503. The minimum Gasteiger partial charge on any atom is -0.447 e. The first-order valence-electron chi connectivity index (χ1n) is 1.85. The highest BCUT2D eigenvalue weighted by Gasteiger charge is 2.03. The van der Waals surface area contributed by atoms with Gasteiger partial charge >= 0.3 is 0 Å². The van der Waals surface area contributed by atoms with Crippen molar-refractivity contribution >= 4 is 52.5 Å². The minimum atomic E-state index is -1.45. The number of halogens is 4. The van der Waals surface area contributed by atoms with Gasteiger partial charge in [0.1, 0.15) is 10.3 Å². The molecule has 0 aromatic rings. The summed E-state index contributed by atoms with van der Waals surface area (Å²) in [6, 6.07) is 0. The van der Waals surface area contributed by atoms with Gasteiger partial charge in [-0.2, -0.15) is 0 Å². The van der Waals surface area contributed by atoms with E-state index in [2.05, 4.69) is 0 Å². The third-order valence-electron chi connectivity index (χ3n) is 0.472. The molecule has 0 aromatic carbocycles. The van der Waals surface area contributed by atoms with Crippen LogP contribution < -0.4 is 0 Å². The lowest BCUT2D eigenvalue weighted by molar-refractivity contribution is 0.492. The summed E-state index contributed by atoms with van der Waals surface area (Å²) in [7, 11) is 0. The highest BCUT2D eigenvalue weighted by Crippen LogP contribution is 2.50. The lowest BCUT2D eigenvalue weighted by Gasteiger charge is -2.03. The molecular weight excluding hydrogens is 225 g/mol. The zero-order valence-electron chi connectivity index (χ0n) is 4.37. The zero-order valence-corrected chi connectivity index (χ0v) is 8.29. The molecular formula is C3H3Cl4OP. The molecule has 0 amide bonds. The molecule has 0 saturated heterocycles. The minimum absolute atomic E-state index is 0.0452. The SMILES string of the molecule is CC(OP(Cl)Cl)=C(Cl)Cl. The Bertz CT molecular complexity index is 119. The number of hydrogen-bond donors (Lipinski definition) is 0. The van der Waals surface area contributed by atoms with Gasteiger partial charge in [0, 0.05) is 0 Å². The third kappa shape index (κ3) is 5.57. The zero-order chi connectivity index (χ0) is 7.44. The molecule has 0 bridgehead atoms. The van der Waals surface area contributed by atoms with Crippen LogP contribution in [0.25, 0.3) is 0 Å². The summed E-state index contributed by atoms with van der Waals surface area (Å²) in [5.41, 5.74) is 0. The van der Waals surface area contributed by atoms with E-state index in [0.29, 0.717) is 5.76 Å². The van der Waals surface area contributed by atoms with Crippen LogP contribution >= 0.6 is 52.5 Å². The maximum absolute atomic E-state index is 5.29. The predicted molar refractivity (Wildman–Crippen MR) is 44.1 cm³/mol. The van der Waals surface area contributed by atoms with Crippen molar-refractivity contribution in [2.45, 2.75) is 6.92 Å². The van der Waals surface area contributed by atoms with Crippen molar-refractivity contribution in [3.63, 3.8) is 0 Å². The second-order valence-electron chi connectivity index (χ2n) is 1.11. The van der Waals surface area contributed by atoms with E-state index in [1.165, 1.54) is 0 Å². The first-order chi connectivity index (χ1) is 4.04. The van der Waals surface area contributed by atoms with Crippen LogP contribution in [-0.2, 0) is 4.52 Å². The Kier molecular flexibility index (Phi) is 5.48. The van der Waals surface area contributed by atoms with Crippen LogP contribution in [0.3, 0.4) is 0 Å². The molecule has 0 fully saturated rings. The fourth-order valence-corrected chi connectivity index (χ4v) is 1.24. The van der Waals surface area contributed by atoms with Gasteiger partial charge in [0.2, 0.25) is 0 Å². The van der Waals surface area contributed by atoms with E-state index < -0.39 is 6.85 Å². The second kappa shape index (κ2) is 4.87. The Morgan fingerprint density at radius 1 is 1.33 bits per heavy atom. The number of allylic oxidation sites excluding steroid dienone is 1. The molecule has 0 radical (unpaired) electrons. The molecule has 0 atom stereocenters. The average molecular weight is 228 g/mol. The van der Waals surface area contributed by atoms with Crippen molar-refractivity contribution in [1.82, 2.24) is 0 Å². The van der Waals surface area contributed by atoms with Gasteiger partial charge in [0.25, 0.3) is 6.85 Å². The molecule has 0 heterocycles. The molecule has 0 aliphatic heterocycles. The van der Waals surface area contributed by atoms with Crippen molar-refractivity contribution in [2.24, 2.45) is 0 Å². The fourth-order valence-electron chi connectivity index (χ4n) is 0.138. The van der Waals surface area contributed by atoms with Gasteiger partial charge in [0.05, 0.1) is 0 Å². The summed E-state index contributed by atoms with van der Waals surface area (Å²) in [6.45, 7) is 0.124. The summed E-state index contributed by atoms with van der Waals surface area (Å²) < 4.78 is 4.77. The van der Waals surface area contributed by atoms with Gasteiger partial charge in [-0.3, -0.25) is 0 Å². The van der Waals surface area contributed by atoms with E-state index in [9.17, 15) is 0 Å². The first-order valence-corrected chi connectivity index (χ1v) is 5.68. The molecule has 0 unspecified atom stereocenters. The summed E-state index contributed by atoms with van der Waals surface area (Å²) >= 11 is 21.1. The summed E-state index contributed by atoms with van der Waals surface area (Å²) in [6.07, 6.45) is 0. The predicted octanol–water partition coefficient (Wildman–Crippen LogP) is 4.37. The Labute approximate surface area is 74.3 Å². The number of hydrogen-bond acceptors (Lipinski definition) is 1. The van der Waals surface area contributed by atoms with E-state index in [-0.39, 0.29) is 4.49 Å². The van der Waals surface area contributed by atoms with E-state index in [1.807, 2.05) is 0 Å². The second-order valence-corrected chi connectivity index (χ2v) is 5.01. The average Bonchev–Trinajstić information content (AvgIpc) is 1.63. The molecule has 0 rings (SSSR count). The van der Waals surface area contributed by atoms with Gasteiger partial charge in [-0.15, -0.1) is 0 Å². The van der Waals surface area contributed by atoms with E-state index in [1.54, 1.807) is 6.92 Å². The Balaban J connectivity index is 3.77. The van der Waals surface area contributed by atoms with Crippen molar-refractivity contribution in [3.05, 3.63) is 10.3 Å². The maximum Gasteiger partial charge on any atom is 0.284 e. The molecule has 0 saturated carbocycles. The molecule has 6 heteroatoms. The van der Waals surface area contributed by atoms with Crippen LogP contribution in [-0.4, -0.2) is 0 Å². The third-order valence-corrected chi connectivity index (χ3v) is 1.83. The van der Waals surface area contributed by atoms with Gasteiger partial charge < -0.3 is 4.52 Å². The first kappa shape index (κ1) is 10.1. The van der Waals surface area contributed by atoms with Crippen molar-refractivity contribution in [2.75, 3.05) is 0 Å². The smallest absolute Gasteiger partial charge is 0.284 e. The highest BCUT2D eigenvalue weighted by atomic mass is 35.9. The van der Waals surface area contributed by atoms with Crippen LogP contribution in [0.1, 0.15) is 6.92 Å². The van der Waals surface area contributed by atoms with Gasteiger partial charge in [-0.05, 0) is 29.4 Å². The van der Waals surface area contributed by atoms with E-state index in [0.717, 1.165) is 0 Å². The summed E-state index contributed by atoms with van der Waals surface area (Å²) in [5, 5.41) is 0. The Morgan fingerprint density at radius 3 is 1.89 bits per heavy atom. The van der Waals surface area contributed by atoms with Crippen molar-refractivity contribution < 1.29 is 4.52 Å². The fraction of sp³-hybridized carbons (Fsp3) is 0.333. The molecule has 0 N–H and O–H groups in total. The standard InChI is InChI=1S/C3H3Cl4OP/c1-2(3(4)5)8-9(6)7/h1H3. The van der Waals surface area contributed by atoms with Crippen LogP contribution in [0.15, 0.2) is 10.3 Å². The Hall–Kier alpha value is 1.13. The molecule has 1 nitrogen and oxygen atoms in total. The van der Waals surface area contributed by atoms with E-state index in [4.69, 9.17) is 50.2 Å². The normalized spacial score (nSPS) is 9.56. The summed E-state index contributed by atoms with van der Waals surface area (Å²) in [4.78, 5) is 0. The number of rotatable bonds is 2. The van der Waals surface area contributed by atoms with Crippen LogP contribution in [0.4, 0.5) is 0 Å². The largest absolute Gasteiger partial charge is 0.447 e. The molecule has 0 aromatic heterocycles. The lowest BCUT2D eigenvalue weighted by Crippen LogP contribution is -1.74. The summed E-state index contributed by atoms with van der Waals surface area (Å²) in [5.74, 6) is 0.342. The van der Waals surface area contributed by atoms with Gasteiger partial charge in [-0.25, -0.2) is 0 Å².